The van der Waals surface area contributed by atoms with Gasteiger partial charge in [0.15, 0.2) is 5.82 Å². The second kappa shape index (κ2) is 7.17. The number of hydrogen-bond donors (Lipinski definition) is 0. The minimum absolute atomic E-state index is 0.166. The van der Waals surface area contributed by atoms with Gasteiger partial charge in [0.05, 0.1) is 11.2 Å². The summed E-state index contributed by atoms with van der Waals surface area (Å²) in [6.45, 7) is 7.94. The first kappa shape index (κ1) is 18.9. The lowest BCUT2D eigenvalue weighted by Crippen LogP contribution is -2.53. The Morgan fingerprint density at radius 2 is 1.89 bits per heavy atom. The second-order valence-corrected chi connectivity index (χ2v) is 7.78. The number of aromatic nitrogens is 2. The Labute approximate surface area is 169 Å². The van der Waals surface area contributed by atoms with Gasteiger partial charge in [-0.25, -0.2) is 14.4 Å². The van der Waals surface area contributed by atoms with E-state index in [0.29, 0.717) is 6.42 Å². The quantitative estimate of drug-likeness (QED) is 0.501. The molecule has 1 aromatic carbocycles. The summed E-state index contributed by atoms with van der Waals surface area (Å²) in [5, 5.41) is 3.12. The first-order valence-corrected chi connectivity index (χ1v) is 10.7. The average molecular weight is 397 g/mol. The van der Waals surface area contributed by atoms with Gasteiger partial charge in [0.1, 0.15) is 23.8 Å². The summed E-state index contributed by atoms with van der Waals surface area (Å²) in [7, 11) is 0. The van der Waals surface area contributed by atoms with Crippen molar-refractivity contribution < 1.29 is 4.39 Å². The number of nitrogens with zero attached hydrogens (tertiary/aromatic N) is 4. The van der Waals surface area contributed by atoms with Crippen LogP contribution in [0.3, 0.4) is 0 Å². The van der Waals surface area contributed by atoms with Crippen LogP contribution in [0.1, 0.15) is 39.7 Å². The van der Waals surface area contributed by atoms with E-state index in [0.717, 1.165) is 27.8 Å². The van der Waals surface area contributed by atoms with Crippen LogP contribution in [0.4, 0.5) is 26.6 Å². The SMILES string of the molecule is CC.CCC1(F)c2ccccc2N2c3cncnc3N(c3cccs3)C2C1C. The molecule has 0 bridgehead atoms. The highest BCUT2D eigenvalue weighted by Crippen LogP contribution is 2.58. The molecule has 3 aromatic rings. The van der Waals surface area contributed by atoms with E-state index < -0.39 is 5.67 Å². The van der Waals surface area contributed by atoms with Gasteiger partial charge in [-0.1, -0.05) is 45.9 Å². The number of hydrogen-bond acceptors (Lipinski definition) is 5. The predicted molar refractivity (Wildman–Crippen MR) is 114 cm³/mol. The van der Waals surface area contributed by atoms with Gasteiger partial charge in [-0.2, -0.15) is 0 Å². The minimum Gasteiger partial charge on any atom is -0.315 e. The van der Waals surface area contributed by atoms with Gasteiger partial charge >= 0.3 is 0 Å². The Morgan fingerprint density at radius 1 is 1.11 bits per heavy atom. The van der Waals surface area contributed by atoms with Crippen LogP contribution in [0, 0.1) is 5.92 Å². The van der Waals surface area contributed by atoms with Crippen molar-refractivity contribution in [1.82, 2.24) is 9.97 Å². The van der Waals surface area contributed by atoms with Crippen molar-refractivity contribution in [2.45, 2.75) is 46.0 Å². The molecule has 0 saturated carbocycles. The maximum atomic E-state index is 16.3. The Kier molecular flexibility index (Phi) is 4.83. The van der Waals surface area contributed by atoms with Gasteiger partial charge in [-0.05, 0) is 30.0 Å². The number of para-hydroxylation sites is 1. The largest absolute Gasteiger partial charge is 0.315 e. The van der Waals surface area contributed by atoms with Crippen LogP contribution in [0.5, 0.6) is 0 Å². The van der Waals surface area contributed by atoms with E-state index in [1.165, 1.54) is 0 Å². The standard InChI is InChI=1S/C20H19FN4S.C2H6/c1-3-20(21)13(2)19-24(15-8-5-4-7-14(15)20)16-11-22-12-23-18(16)25(19)17-9-6-10-26-17;1-2/h4-13,19H,3H2,1-2H3;1-2H3. The Bertz CT molecular complexity index is 961. The zero-order valence-corrected chi connectivity index (χ0v) is 17.4. The lowest BCUT2D eigenvalue weighted by molar-refractivity contribution is 0.0621. The van der Waals surface area contributed by atoms with Crippen molar-refractivity contribution in [3.8, 4) is 0 Å². The lowest BCUT2D eigenvalue weighted by atomic mass is 9.75. The highest BCUT2D eigenvalue weighted by atomic mass is 32.1. The molecule has 5 rings (SSSR count). The first-order chi connectivity index (χ1) is 13.7. The molecule has 0 saturated heterocycles. The number of anilines is 4. The van der Waals surface area contributed by atoms with Crippen molar-refractivity contribution in [2.24, 2.45) is 5.92 Å². The number of thiophene rings is 1. The van der Waals surface area contributed by atoms with Gasteiger partial charge in [-0.15, -0.1) is 11.3 Å². The monoisotopic (exact) mass is 396 g/mol. The van der Waals surface area contributed by atoms with Gasteiger partial charge < -0.3 is 4.90 Å². The lowest BCUT2D eigenvalue weighted by Gasteiger charge is -2.48. The van der Waals surface area contributed by atoms with Gasteiger partial charge in [0, 0.05) is 17.2 Å². The van der Waals surface area contributed by atoms with E-state index >= 15 is 4.39 Å². The van der Waals surface area contributed by atoms with Crippen molar-refractivity contribution in [2.75, 3.05) is 9.80 Å². The summed E-state index contributed by atoms with van der Waals surface area (Å²) < 4.78 is 16.3. The highest BCUT2D eigenvalue weighted by Gasteiger charge is 2.55. The molecule has 146 valence electrons. The molecule has 28 heavy (non-hydrogen) atoms. The molecule has 3 atom stereocenters. The predicted octanol–water partition coefficient (Wildman–Crippen LogP) is 6.40. The number of fused-ring (bicyclic) bond motifs is 5. The fourth-order valence-corrected chi connectivity index (χ4v) is 5.21. The van der Waals surface area contributed by atoms with E-state index in [9.17, 15) is 0 Å². The molecule has 2 aliphatic heterocycles. The zero-order chi connectivity index (χ0) is 19.9. The molecule has 0 N–H and O–H groups in total. The van der Waals surface area contributed by atoms with Crippen LogP contribution >= 0.6 is 11.3 Å². The van der Waals surface area contributed by atoms with Crippen molar-refractivity contribution >= 4 is 33.5 Å². The third-order valence-corrected chi connectivity index (χ3v) is 6.60. The van der Waals surface area contributed by atoms with Crippen molar-refractivity contribution in [3.05, 3.63) is 59.9 Å². The normalized spacial score (nSPS) is 24.8. The maximum absolute atomic E-state index is 16.3. The molecule has 2 aliphatic rings. The Morgan fingerprint density at radius 3 is 2.61 bits per heavy atom. The molecule has 0 spiro atoms. The second-order valence-electron chi connectivity index (χ2n) is 6.86. The molecule has 0 amide bonds. The summed E-state index contributed by atoms with van der Waals surface area (Å²) >= 11 is 1.65. The third kappa shape index (κ3) is 2.47. The Balaban J connectivity index is 0.000000932. The minimum atomic E-state index is -1.39. The van der Waals surface area contributed by atoms with Gasteiger partial charge in [-0.3, -0.25) is 4.90 Å². The van der Waals surface area contributed by atoms with Crippen molar-refractivity contribution in [3.63, 3.8) is 0 Å². The van der Waals surface area contributed by atoms with Crippen LogP contribution in [-0.2, 0) is 5.67 Å². The van der Waals surface area contributed by atoms with E-state index in [1.807, 2.05) is 69.6 Å². The molecule has 6 heteroatoms. The molecule has 0 aliphatic carbocycles. The Hall–Kier alpha value is -2.47. The fraction of sp³-hybridized carbons (Fsp3) is 0.364. The topological polar surface area (TPSA) is 32.3 Å². The molecular formula is C22H25FN4S. The number of rotatable bonds is 2. The van der Waals surface area contributed by atoms with E-state index in [-0.39, 0.29) is 12.1 Å². The molecule has 4 nitrogen and oxygen atoms in total. The van der Waals surface area contributed by atoms with Gasteiger partial charge in [0.25, 0.3) is 0 Å². The summed E-state index contributed by atoms with van der Waals surface area (Å²) in [6.07, 6.45) is 3.68. The number of benzene rings is 1. The maximum Gasteiger partial charge on any atom is 0.162 e. The van der Waals surface area contributed by atoms with Crippen molar-refractivity contribution in [1.29, 1.82) is 0 Å². The fourth-order valence-electron chi connectivity index (χ4n) is 4.44. The summed E-state index contributed by atoms with van der Waals surface area (Å²) in [4.78, 5) is 13.2. The smallest absolute Gasteiger partial charge is 0.162 e. The average Bonchev–Trinajstić information content (AvgIpc) is 3.39. The number of halogens is 1. The molecule has 0 fully saturated rings. The first-order valence-electron chi connectivity index (χ1n) is 9.87. The molecule has 0 radical (unpaired) electrons. The van der Waals surface area contributed by atoms with Gasteiger partial charge in [0.2, 0.25) is 0 Å². The summed E-state index contributed by atoms with van der Waals surface area (Å²) in [5.41, 5.74) is 1.22. The summed E-state index contributed by atoms with van der Waals surface area (Å²) in [6, 6.07) is 11.9. The molecular weight excluding hydrogens is 371 g/mol. The number of alkyl halides is 1. The van der Waals surface area contributed by atoms with Crippen LogP contribution in [0.25, 0.3) is 0 Å². The van der Waals surface area contributed by atoms with Crippen LogP contribution in [0.2, 0.25) is 0 Å². The summed E-state index contributed by atoms with van der Waals surface area (Å²) in [5.74, 6) is 0.605. The van der Waals surface area contributed by atoms with Crippen LogP contribution in [-0.4, -0.2) is 16.1 Å². The molecule has 3 unspecified atom stereocenters. The third-order valence-electron chi connectivity index (χ3n) is 5.73. The highest BCUT2D eigenvalue weighted by molar-refractivity contribution is 7.14. The van der Waals surface area contributed by atoms with E-state index in [1.54, 1.807) is 17.7 Å². The zero-order valence-electron chi connectivity index (χ0n) is 16.6. The molecule has 4 heterocycles. The van der Waals surface area contributed by atoms with E-state index in [4.69, 9.17) is 0 Å². The van der Waals surface area contributed by atoms with Crippen LogP contribution < -0.4 is 9.80 Å². The van der Waals surface area contributed by atoms with Crippen LogP contribution in [0.15, 0.2) is 54.3 Å². The molecule has 2 aromatic heterocycles. The van der Waals surface area contributed by atoms with E-state index in [2.05, 4.69) is 25.8 Å².